The number of morpholine rings is 1. The molecule has 1 saturated carbocycles. The average molecular weight is 548 g/mol. The zero-order valence-corrected chi connectivity index (χ0v) is 23.1. The number of piperidine rings is 1. The number of hydrogen-bond donors (Lipinski definition) is 1. The van der Waals surface area contributed by atoms with E-state index in [9.17, 15) is 14.7 Å². The zero-order chi connectivity index (χ0) is 27.1. The molecule has 1 aliphatic carbocycles. The summed E-state index contributed by atoms with van der Waals surface area (Å²) in [7, 11) is 0. The highest BCUT2D eigenvalue weighted by atomic mass is 32.1. The highest BCUT2D eigenvalue weighted by molar-refractivity contribution is 7.14. The predicted octanol–water partition coefficient (Wildman–Crippen LogP) is 4.78. The number of benzene rings is 2. The van der Waals surface area contributed by atoms with Crippen LogP contribution in [0.4, 0.5) is 5.13 Å². The Morgan fingerprint density at radius 3 is 2.72 bits per heavy atom. The SMILES string of the molecule is Cc1ccc(OCc2ccc(C(=O)N3CCOCC3)cc2C)c(-c2csc(N3CC[C@@]4(C(=O)O)C[C@H]4C3)n2)c1. The summed E-state index contributed by atoms with van der Waals surface area (Å²) in [5.41, 5.74) is 5.16. The van der Waals surface area contributed by atoms with Crippen LogP contribution in [-0.4, -0.2) is 66.3 Å². The lowest BCUT2D eigenvalue weighted by Gasteiger charge is -2.29. The van der Waals surface area contributed by atoms with Gasteiger partial charge in [-0.15, -0.1) is 11.3 Å². The van der Waals surface area contributed by atoms with Crippen LogP contribution in [0.5, 0.6) is 5.75 Å². The number of hydrogen-bond acceptors (Lipinski definition) is 7. The van der Waals surface area contributed by atoms with Crippen molar-refractivity contribution in [3.05, 3.63) is 64.0 Å². The molecule has 2 aromatic carbocycles. The van der Waals surface area contributed by atoms with E-state index in [-0.39, 0.29) is 11.8 Å². The molecule has 3 fully saturated rings. The van der Waals surface area contributed by atoms with Gasteiger partial charge >= 0.3 is 5.97 Å². The van der Waals surface area contributed by atoms with Gasteiger partial charge in [0.05, 0.1) is 24.3 Å². The summed E-state index contributed by atoms with van der Waals surface area (Å²) in [4.78, 5) is 33.5. The van der Waals surface area contributed by atoms with E-state index in [1.807, 2.05) is 42.2 Å². The minimum Gasteiger partial charge on any atom is -0.488 e. The number of carboxylic acid groups (broad SMARTS) is 1. The summed E-state index contributed by atoms with van der Waals surface area (Å²) >= 11 is 1.59. The molecule has 0 radical (unpaired) electrons. The predicted molar refractivity (Wildman–Crippen MR) is 150 cm³/mol. The van der Waals surface area contributed by atoms with Crippen LogP contribution >= 0.6 is 11.3 Å². The Morgan fingerprint density at radius 2 is 1.97 bits per heavy atom. The van der Waals surface area contributed by atoms with Gasteiger partial charge in [-0.1, -0.05) is 17.7 Å². The molecule has 0 spiro atoms. The van der Waals surface area contributed by atoms with Crippen LogP contribution in [-0.2, 0) is 16.1 Å². The number of nitrogens with zero attached hydrogens (tertiary/aromatic N) is 3. The van der Waals surface area contributed by atoms with E-state index in [4.69, 9.17) is 14.5 Å². The molecule has 3 aromatic rings. The Kier molecular flexibility index (Phi) is 6.81. The van der Waals surface area contributed by atoms with Crippen LogP contribution in [0.15, 0.2) is 41.8 Å². The molecule has 3 heterocycles. The Hall–Kier alpha value is -3.43. The number of fused-ring (bicyclic) bond motifs is 1. The summed E-state index contributed by atoms with van der Waals surface area (Å²) in [6.07, 6.45) is 1.45. The fourth-order valence-electron chi connectivity index (χ4n) is 5.76. The van der Waals surface area contributed by atoms with Crippen molar-refractivity contribution in [2.45, 2.75) is 33.3 Å². The molecule has 8 nitrogen and oxygen atoms in total. The number of anilines is 1. The van der Waals surface area contributed by atoms with E-state index < -0.39 is 11.4 Å². The number of amides is 1. The van der Waals surface area contributed by atoms with Gasteiger partial charge < -0.3 is 24.4 Å². The van der Waals surface area contributed by atoms with E-state index in [0.717, 1.165) is 58.3 Å². The summed E-state index contributed by atoms with van der Waals surface area (Å²) in [5.74, 6) is 0.365. The van der Waals surface area contributed by atoms with Gasteiger partial charge in [-0.3, -0.25) is 9.59 Å². The van der Waals surface area contributed by atoms with Gasteiger partial charge in [-0.25, -0.2) is 4.98 Å². The minimum atomic E-state index is -0.651. The Morgan fingerprint density at radius 1 is 1.15 bits per heavy atom. The average Bonchev–Trinajstić information content (AvgIpc) is 3.50. The fourth-order valence-corrected chi connectivity index (χ4v) is 6.62. The molecule has 3 aliphatic rings. The van der Waals surface area contributed by atoms with Crippen molar-refractivity contribution in [3.63, 3.8) is 0 Å². The van der Waals surface area contributed by atoms with Crippen LogP contribution in [0.3, 0.4) is 0 Å². The number of carboxylic acids is 1. The lowest BCUT2D eigenvalue weighted by atomic mass is 9.96. The molecule has 2 saturated heterocycles. The number of rotatable bonds is 7. The summed E-state index contributed by atoms with van der Waals surface area (Å²) in [6, 6.07) is 11.9. The third-order valence-corrected chi connectivity index (χ3v) is 9.27. The molecule has 1 amide bonds. The number of aromatic nitrogens is 1. The maximum atomic E-state index is 12.9. The Bertz CT molecular complexity index is 1420. The van der Waals surface area contributed by atoms with Crippen molar-refractivity contribution in [1.29, 1.82) is 0 Å². The first-order chi connectivity index (χ1) is 18.8. The molecule has 2 aliphatic heterocycles. The normalized spacial score (nSPS) is 22.4. The van der Waals surface area contributed by atoms with Crippen molar-refractivity contribution in [2.75, 3.05) is 44.3 Å². The van der Waals surface area contributed by atoms with Crippen molar-refractivity contribution < 1.29 is 24.2 Å². The van der Waals surface area contributed by atoms with E-state index in [0.29, 0.717) is 44.9 Å². The molecule has 2 atom stereocenters. The van der Waals surface area contributed by atoms with Gasteiger partial charge in [0, 0.05) is 42.7 Å². The minimum absolute atomic E-state index is 0.0399. The van der Waals surface area contributed by atoms with E-state index >= 15 is 0 Å². The standard InChI is InChI=1S/C30H33N3O5S/c1-19-3-6-26(38-17-22-5-4-21(14-20(22)2)27(34)32-9-11-37-12-10-32)24(13-19)25-18-39-29(31-25)33-8-7-30(28(35)36)15-23(30)16-33/h3-6,13-14,18,23H,7-12,15-17H2,1-2H3,(H,35,36)/t23-,30+/m0/s1. The molecule has 0 bridgehead atoms. The van der Waals surface area contributed by atoms with Gasteiger partial charge in [0.2, 0.25) is 0 Å². The molecule has 6 rings (SSSR count). The molecular formula is C30H33N3O5S. The van der Waals surface area contributed by atoms with Crippen LogP contribution < -0.4 is 9.64 Å². The van der Waals surface area contributed by atoms with Crippen LogP contribution in [0, 0.1) is 25.2 Å². The Balaban J connectivity index is 1.15. The highest BCUT2D eigenvalue weighted by Gasteiger charge is 2.62. The van der Waals surface area contributed by atoms with Crippen LogP contribution in [0.25, 0.3) is 11.3 Å². The second kappa shape index (κ2) is 10.3. The van der Waals surface area contributed by atoms with Crippen LogP contribution in [0.1, 0.15) is 39.9 Å². The number of thiazole rings is 1. The molecule has 9 heteroatoms. The van der Waals surface area contributed by atoms with Crippen molar-refractivity contribution >= 4 is 28.3 Å². The maximum absolute atomic E-state index is 12.9. The maximum Gasteiger partial charge on any atom is 0.310 e. The fraction of sp³-hybridized carbons (Fsp3) is 0.433. The van der Waals surface area contributed by atoms with Gasteiger partial charge in [0.1, 0.15) is 12.4 Å². The molecule has 204 valence electrons. The summed E-state index contributed by atoms with van der Waals surface area (Å²) in [5, 5.41) is 12.6. The topological polar surface area (TPSA) is 92.2 Å². The second-order valence-corrected chi connectivity index (χ2v) is 11.7. The number of ether oxygens (including phenoxy) is 2. The summed E-state index contributed by atoms with van der Waals surface area (Å²) < 4.78 is 11.7. The van der Waals surface area contributed by atoms with Crippen LogP contribution in [0.2, 0.25) is 0 Å². The third-order valence-electron chi connectivity index (χ3n) is 8.37. The highest BCUT2D eigenvalue weighted by Crippen LogP contribution is 2.58. The van der Waals surface area contributed by atoms with E-state index in [2.05, 4.69) is 23.3 Å². The monoisotopic (exact) mass is 547 g/mol. The number of carbonyl (C=O) groups excluding carboxylic acids is 1. The molecule has 1 aromatic heterocycles. The molecular weight excluding hydrogens is 514 g/mol. The number of aryl methyl sites for hydroxylation is 2. The van der Waals surface area contributed by atoms with Gasteiger partial charge in [0.15, 0.2) is 5.13 Å². The lowest BCUT2D eigenvalue weighted by Crippen LogP contribution is -2.40. The van der Waals surface area contributed by atoms with Crippen molar-refractivity contribution in [3.8, 4) is 17.0 Å². The van der Waals surface area contributed by atoms with Gasteiger partial charge in [0.25, 0.3) is 5.91 Å². The van der Waals surface area contributed by atoms with E-state index in [1.54, 1.807) is 11.3 Å². The van der Waals surface area contributed by atoms with Gasteiger partial charge in [-0.05, 0) is 68.0 Å². The Labute approximate surface area is 232 Å². The first-order valence-electron chi connectivity index (χ1n) is 13.5. The number of carbonyl (C=O) groups is 2. The number of aliphatic carboxylic acids is 1. The largest absolute Gasteiger partial charge is 0.488 e. The molecule has 1 N–H and O–H groups in total. The quantitative estimate of drug-likeness (QED) is 0.455. The third kappa shape index (κ3) is 5.01. The molecule has 39 heavy (non-hydrogen) atoms. The van der Waals surface area contributed by atoms with Gasteiger partial charge in [-0.2, -0.15) is 0 Å². The molecule has 0 unspecified atom stereocenters. The van der Waals surface area contributed by atoms with Crippen molar-refractivity contribution in [1.82, 2.24) is 9.88 Å². The van der Waals surface area contributed by atoms with Crippen molar-refractivity contribution in [2.24, 2.45) is 11.3 Å². The zero-order valence-electron chi connectivity index (χ0n) is 22.3. The first kappa shape index (κ1) is 25.8. The first-order valence-corrected chi connectivity index (χ1v) is 14.4. The second-order valence-electron chi connectivity index (χ2n) is 10.9. The smallest absolute Gasteiger partial charge is 0.310 e. The summed E-state index contributed by atoms with van der Waals surface area (Å²) in [6.45, 7) is 8.33. The lowest BCUT2D eigenvalue weighted by molar-refractivity contribution is -0.144. The van der Waals surface area contributed by atoms with E-state index in [1.165, 1.54) is 0 Å².